The topological polar surface area (TPSA) is 90.0 Å². The standard InChI is InChI=1S/C28H32BrFN4O4S/c1-4-31-28(36)26(18-21-11-6-5-7-12-21)33(19-22-13-10-14-23(29)17-22)27(35)20-34(39(37,38)32(2)3)25-16-9-8-15-24(25)30/h5-17,26H,4,18-20H2,1-3H3,(H,31,36)/t26-/m0/s1. The van der Waals surface area contributed by atoms with E-state index in [1.165, 1.54) is 37.2 Å². The summed E-state index contributed by atoms with van der Waals surface area (Å²) in [6, 6.07) is 20.9. The van der Waals surface area contributed by atoms with Gasteiger partial charge in [-0.1, -0.05) is 70.5 Å². The zero-order chi connectivity index (χ0) is 28.6. The minimum Gasteiger partial charge on any atom is -0.355 e. The molecule has 3 aromatic carbocycles. The van der Waals surface area contributed by atoms with E-state index in [4.69, 9.17) is 0 Å². The van der Waals surface area contributed by atoms with Gasteiger partial charge in [-0.2, -0.15) is 12.7 Å². The molecule has 208 valence electrons. The highest BCUT2D eigenvalue weighted by atomic mass is 79.9. The molecule has 0 aliphatic carbocycles. The van der Waals surface area contributed by atoms with Crippen molar-refractivity contribution in [1.29, 1.82) is 0 Å². The first kappa shape index (κ1) is 30.3. The largest absolute Gasteiger partial charge is 0.355 e. The van der Waals surface area contributed by atoms with E-state index in [-0.39, 0.29) is 24.6 Å². The molecular weight excluding hydrogens is 587 g/mol. The minimum atomic E-state index is -4.27. The Balaban J connectivity index is 2.09. The Kier molecular flexibility index (Phi) is 10.6. The lowest BCUT2D eigenvalue weighted by Gasteiger charge is -2.34. The number of carbonyl (C=O) groups excluding carboxylic acids is 2. The fourth-order valence-electron chi connectivity index (χ4n) is 4.03. The maximum Gasteiger partial charge on any atom is 0.304 e. The van der Waals surface area contributed by atoms with Crippen molar-refractivity contribution >= 4 is 43.6 Å². The lowest BCUT2D eigenvalue weighted by Crippen LogP contribution is -2.54. The molecule has 0 radical (unpaired) electrons. The summed E-state index contributed by atoms with van der Waals surface area (Å²) in [5, 5.41) is 2.80. The smallest absolute Gasteiger partial charge is 0.304 e. The van der Waals surface area contributed by atoms with Crippen molar-refractivity contribution in [3.05, 3.63) is 100 Å². The van der Waals surface area contributed by atoms with Crippen molar-refractivity contribution in [2.24, 2.45) is 0 Å². The predicted molar refractivity (Wildman–Crippen MR) is 154 cm³/mol. The number of amides is 2. The van der Waals surface area contributed by atoms with Crippen LogP contribution in [0.1, 0.15) is 18.1 Å². The summed E-state index contributed by atoms with van der Waals surface area (Å²) in [5.74, 6) is -1.83. The van der Waals surface area contributed by atoms with Crippen LogP contribution in [0.2, 0.25) is 0 Å². The second-order valence-electron chi connectivity index (χ2n) is 9.00. The van der Waals surface area contributed by atoms with Crippen molar-refractivity contribution < 1.29 is 22.4 Å². The molecule has 11 heteroatoms. The molecule has 8 nitrogen and oxygen atoms in total. The van der Waals surface area contributed by atoms with Crippen molar-refractivity contribution in [2.75, 3.05) is 31.5 Å². The minimum absolute atomic E-state index is 0.0278. The van der Waals surface area contributed by atoms with E-state index in [9.17, 15) is 22.4 Å². The molecule has 1 N–H and O–H groups in total. The molecule has 1 atom stereocenters. The molecule has 3 rings (SSSR count). The molecule has 0 saturated heterocycles. The summed E-state index contributed by atoms with van der Waals surface area (Å²) in [6.45, 7) is 1.45. The number of carbonyl (C=O) groups is 2. The zero-order valence-corrected chi connectivity index (χ0v) is 24.5. The third-order valence-corrected chi connectivity index (χ3v) is 8.30. The Hall–Kier alpha value is -3.28. The molecule has 2 amide bonds. The number of nitrogens with one attached hydrogen (secondary N) is 1. The van der Waals surface area contributed by atoms with Crippen LogP contribution in [0, 0.1) is 5.82 Å². The molecular formula is C28H32BrFN4O4S. The van der Waals surface area contributed by atoms with Crippen molar-refractivity contribution in [3.8, 4) is 0 Å². The average Bonchev–Trinajstić information content (AvgIpc) is 2.90. The third kappa shape index (κ3) is 7.87. The Bertz CT molecular complexity index is 1390. The Morgan fingerprint density at radius 3 is 2.21 bits per heavy atom. The number of para-hydroxylation sites is 1. The first-order valence-electron chi connectivity index (χ1n) is 12.3. The van der Waals surface area contributed by atoms with Gasteiger partial charge in [-0.3, -0.25) is 9.59 Å². The molecule has 0 saturated carbocycles. The van der Waals surface area contributed by atoms with Gasteiger partial charge in [0.05, 0.1) is 5.69 Å². The summed E-state index contributed by atoms with van der Waals surface area (Å²) >= 11 is 3.44. The molecule has 0 fully saturated rings. The van der Waals surface area contributed by atoms with Crippen LogP contribution in [0.15, 0.2) is 83.3 Å². The fraction of sp³-hybridized carbons (Fsp3) is 0.286. The van der Waals surface area contributed by atoms with Gasteiger partial charge in [-0.05, 0) is 42.3 Å². The van der Waals surface area contributed by atoms with Crippen LogP contribution in [-0.4, -0.2) is 62.7 Å². The molecule has 0 spiro atoms. The van der Waals surface area contributed by atoms with Gasteiger partial charge >= 0.3 is 10.2 Å². The number of rotatable bonds is 12. The Morgan fingerprint density at radius 1 is 0.949 bits per heavy atom. The molecule has 0 bridgehead atoms. The van der Waals surface area contributed by atoms with Crippen molar-refractivity contribution in [2.45, 2.75) is 25.9 Å². The zero-order valence-electron chi connectivity index (χ0n) is 22.1. The number of anilines is 1. The van der Waals surface area contributed by atoms with Gasteiger partial charge in [0, 0.05) is 38.1 Å². The van der Waals surface area contributed by atoms with E-state index in [1.807, 2.05) is 54.6 Å². The lowest BCUT2D eigenvalue weighted by molar-refractivity contribution is -0.140. The van der Waals surface area contributed by atoms with Crippen LogP contribution in [0.25, 0.3) is 0 Å². The number of benzene rings is 3. The summed E-state index contributed by atoms with van der Waals surface area (Å²) < 4.78 is 43.8. The number of likely N-dealkylation sites (N-methyl/N-ethyl adjacent to an activating group) is 1. The Labute approximate surface area is 237 Å². The predicted octanol–water partition coefficient (Wildman–Crippen LogP) is 3.98. The maximum atomic E-state index is 14.8. The quantitative estimate of drug-likeness (QED) is 0.332. The molecule has 0 aromatic heterocycles. The first-order chi connectivity index (χ1) is 18.5. The van der Waals surface area contributed by atoms with E-state index in [2.05, 4.69) is 21.2 Å². The number of nitrogens with zero attached hydrogens (tertiary/aromatic N) is 3. The first-order valence-corrected chi connectivity index (χ1v) is 14.5. The molecule has 0 aliphatic rings. The summed E-state index contributed by atoms with van der Waals surface area (Å²) in [4.78, 5) is 28.7. The van der Waals surface area contributed by atoms with Crippen LogP contribution < -0.4 is 9.62 Å². The molecule has 39 heavy (non-hydrogen) atoms. The molecule has 3 aromatic rings. The number of halogens is 2. The SMILES string of the molecule is CCNC(=O)[C@H](Cc1ccccc1)N(Cc1cccc(Br)c1)C(=O)CN(c1ccccc1F)S(=O)(=O)N(C)C. The highest BCUT2D eigenvalue weighted by Crippen LogP contribution is 2.24. The molecule has 0 heterocycles. The number of hydrogen-bond donors (Lipinski definition) is 1. The number of hydrogen-bond acceptors (Lipinski definition) is 4. The van der Waals surface area contributed by atoms with Crippen LogP contribution in [-0.2, 0) is 32.8 Å². The van der Waals surface area contributed by atoms with E-state index < -0.39 is 34.5 Å². The Morgan fingerprint density at radius 2 is 1.59 bits per heavy atom. The van der Waals surface area contributed by atoms with Crippen LogP contribution >= 0.6 is 15.9 Å². The average molecular weight is 620 g/mol. The van der Waals surface area contributed by atoms with Gasteiger partial charge in [0.15, 0.2) is 0 Å². The normalized spacial score (nSPS) is 12.2. The van der Waals surface area contributed by atoms with Crippen molar-refractivity contribution in [1.82, 2.24) is 14.5 Å². The summed E-state index contributed by atoms with van der Waals surface area (Å²) in [6.07, 6.45) is 0.201. The van der Waals surface area contributed by atoms with E-state index in [0.29, 0.717) is 6.54 Å². The second kappa shape index (κ2) is 13.7. The van der Waals surface area contributed by atoms with Gasteiger partial charge in [-0.25, -0.2) is 8.70 Å². The monoisotopic (exact) mass is 618 g/mol. The van der Waals surface area contributed by atoms with Crippen molar-refractivity contribution in [3.63, 3.8) is 0 Å². The lowest BCUT2D eigenvalue weighted by atomic mass is 10.0. The van der Waals surface area contributed by atoms with Gasteiger partial charge in [0.2, 0.25) is 11.8 Å². The summed E-state index contributed by atoms with van der Waals surface area (Å²) in [7, 11) is -1.66. The van der Waals surface area contributed by atoms with Crippen LogP contribution in [0.5, 0.6) is 0 Å². The summed E-state index contributed by atoms with van der Waals surface area (Å²) in [5.41, 5.74) is 1.29. The van der Waals surface area contributed by atoms with E-state index in [0.717, 1.165) is 30.3 Å². The third-order valence-electron chi connectivity index (χ3n) is 6.00. The van der Waals surface area contributed by atoms with Crippen LogP contribution in [0.4, 0.5) is 10.1 Å². The second-order valence-corrected chi connectivity index (χ2v) is 12.0. The van der Waals surface area contributed by atoms with Gasteiger partial charge < -0.3 is 10.2 Å². The van der Waals surface area contributed by atoms with Gasteiger partial charge in [0.25, 0.3) is 0 Å². The van der Waals surface area contributed by atoms with E-state index in [1.54, 1.807) is 6.92 Å². The van der Waals surface area contributed by atoms with Gasteiger partial charge in [0.1, 0.15) is 18.4 Å². The van der Waals surface area contributed by atoms with Crippen LogP contribution in [0.3, 0.4) is 0 Å². The maximum absolute atomic E-state index is 14.8. The molecule has 0 unspecified atom stereocenters. The highest BCUT2D eigenvalue weighted by molar-refractivity contribution is 9.10. The van der Waals surface area contributed by atoms with E-state index >= 15 is 0 Å². The van der Waals surface area contributed by atoms with Gasteiger partial charge in [-0.15, -0.1) is 0 Å². The molecule has 0 aliphatic heterocycles. The highest BCUT2D eigenvalue weighted by Gasteiger charge is 2.35. The fourth-order valence-corrected chi connectivity index (χ4v) is 5.54.